The molecule has 8 nitrogen and oxygen atoms in total. The third-order valence-corrected chi connectivity index (χ3v) is 7.75. The van der Waals surface area contributed by atoms with Gasteiger partial charge in [0, 0.05) is 17.7 Å². The lowest BCUT2D eigenvalue weighted by atomic mass is 9.94. The van der Waals surface area contributed by atoms with E-state index in [1.807, 2.05) is 61.5 Å². The first-order valence-electron chi connectivity index (χ1n) is 13.7. The van der Waals surface area contributed by atoms with Crippen molar-refractivity contribution < 1.29 is 13.6 Å². The number of hydrogen-bond acceptors (Lipinski definition) is 7. The number of nitriles is 1. The molecule has 1 fully saturated rings. The zero-order valence-corrected chi connectivity index (χ0v) is 23.7. The van der Waals surface area contributed by atoms with Gasteiger partial charge in [-0.2, -0.15) is 5.26 Å². The monoisotopic (exact) mass is 577 g/mol. The summed E-state index contributed by atoms with van der Waals surface area (Å²) in [5, 5.41) is 18.7. The molecule has 5 aromatic rings. The Morgan fingerprint density at radius 1 is 1.05 bits per heavy atom. The number of nitrogens with zero attached hydrogens (tertiary/aromatic N) is 4. The van der Waals surface area contributed by atoms with E-state index in [0.29, 0.717) is 46.5 Å². The lowest BCUT2D eigenvalue weighted by molar-refractivity contribution is 0.0720. The van der Waals surface area contributed by atoms with Crippen molar-refractivity contribution in [1.82, 2.24) is 15.1 Å². The van der Waals surface area contributed by atoms with Crippen molar-refractivity contribution in [3.8, 4) is 28.7 Å². The number of rotatable bonds is 7. The van der Waals surface area contributed by atoms with Crippen LogP contribution in [0.5, 0.6) is 0 Å². The Kier molecular flexibility index (Phi) is 7.38. The molecular weight excluding hydrogens is 550 g/mol. The average Bonchev–Trinajstić information content (AvgIpc) is 3.78. The van der Waals surface area contributed by atoms with E-state index >= 15 is 0 Å². The molecule has 3 heterocycles. The van der Waals surface area contributed by atoms with Crippen LogP contribution in [0.15, 0.2) is 93.8 Å². The Morgan fingerprint density at radius 2 is 1.81 bits per heavy atom. The second kappa shape index (κ2) is 11.3. The molecule has 42 heavy (non-hydrogen) atoms. The zero-order chi connectivity index (χ0) is 29.3. The topological polar surface area (TPSA) is 122 Å². The molecule has 1 amide bonds. The van der Waals surface area contributed by atoms with E-state index < -0.39 is 5.54 Å². The van der Waals surface area contributed by atoms with Gasteiger partial charge >= 0.3 is 0 Å². The fraction of sp³-hybridized carbons (Fsp3) is 0.212. The van der Waals surface area contributed by atoms with Crippen molar-refractivity contribution in [2.75, 3.05) is 6.54 Å². The van der Waals surface area contributed by atoms with Gasteiger partial charge in [-0.3, -0.25) is 4.79 Å². The molecule has 2 N–H and O–H groups in total. The molecule has 1 aliphatic rings. The van der Waals surface area contributed by atoms with Gasteiger partial charge in [0.15, 0.2) is 5.22 Å². The van der Waals surface area contributed by atoms with E-state index in [1.54, 1.807) is 35.2 Å². The second-order valence-electron chi connectivity index (χ2n) is 10.7. The summed E-state index contributed by atoms with van der Waals surface area (Å²) in [6.45, 7) is 2.42. The van der Waals surface area contributed by atoms with Gasteiger partial charge in [-0.05, 0) is 90.9 Å². The first-order chi connectivity index (χ1) is 20.3. The minimum absolute atomic E-state index is 0.171. The van der Waals surface area contributed by atoms with Crippen LogP contribution in [-0.4, -0.2) is 27.5 Å². The molecule has 0 spiro atoms. The second-order valence-corrected chi connectivity index (χ2v) is 11.1. The smallest absolute Gasteiger partial charge is 0.254 e. The van der Waals surface area contributed by atoms with E-state index in [9.17, 15) is 10.1 Å². The molecule has 0 saturated carbocycles. The Labute approximate surface area is 248 Å². The number of furan rings is 1. The van der Waals surface area contributed by atoms with Gasteiger partial charge in [-0.15, -0.1) is 10.2 Å². The first kappa shape index (κ1) is 27.5. The van der Waals surface area contributed by atoms with Crippen LogP contribution in [0.25, 0.3) is 22.6 Å². The normalized spacial score (nSPS) is 16.2. The molecule has 1 unspecified atom stereocenters. The molecule has 3 aromatic carbocycles. The fourth-order valence-corrected chi connectivity index (χ4v) is 5.66. The van der Waals surface area contributed by atoms with Crippen LogP contribution in [0.1, 0.15) is 58.9 Å². The van der Waals surface area contributed by atoms with Gasteiger partial charge in [0.25, 0.3) is 5.91 Å². The molecule has 2 atom stereocenters. The molecule has 2 aromatic heterocycles. The van der Waals surface area contributed by atoms with Crippen molar-refractivity contribution >= 4 is 17.5 Å². The summed E-state index contributed by atoms with van der Waals surface area (Å²) in [5.74, 6) is 0.997. The molecule has 0 bridgehead atoms. The van der Waals surface area contributed by atoms with Gasteiger partial charge < -0.3 is 19.5 Å². The third kappa shape index (κ3) is 5.45. The minimum Gasteiger partial charge on any atom is -0.448 e. The number of nitrogens with two attached hydrogens (primary N) is 1. The Hall–Kier alpha value is -4.71. The molecule has 1 saturated heterocycles. The SMILES string of the molecule is C[C@@](N)(Cc1ccccc1)c1nnc(-c2cc(C(=O)N3CCCC3c3ccc(Cl)o3)cc(-c3ccccc3C#N)c2)o1. The van der Waals surface area contributed by atoms with E-state index in [1.165, 1.54) is 0 Å². The summed E-state index contributed by atoms with van der Waals surface area (Å²) in [6, 6.07) is 28.0. The number of carbonyl (C=O) groups excluding carboxylic acids is 1. The molecular formula is C33H28ClN5O3. The molecule has 210 valence electrons. The van der Waals surface area contributed by atoms with E-state index in [2.05, 4.69) is 16.3 Å². The molecule has 6 rings (SSSR count). The highest BCUT2D eigenvalue weighted by molar-refractivity contribution is 6.28. The maximum absolute atomic E-state index is 14.0. The van der Waals surface area contributed by atoms with Crippen molar-refractivity contribution in [3.63, 3.8) is 0 Å². The third-order valence-electron chi connectivity index (χ3n) is 7.55. The molecule has 0 aliphatic carbocycles. The summed E-state index contributed by atoms with van der Waals surface area (Å²) in [4.78, 5) is 15.8. The lowest BCUT2D eigenvalue weighted by Crippen LogP contribution is -2.35. The summed E-state index contributed by atoms with van der Waals surface area (Å²) < 4.78 is 11.8. The Bertz CT molecular complexity index is 1790. The van der Waals surface area contributed by atoms with Gasteiger partial charge in [0.2, 0.25) is 11.8 Å². The summed E-state index contributed by atoms with van der Waals surface area (Å²) in [6.07, 6.45) is 2.10. The van der Waals surface area contributed by atoms with Crippen molar-refractivity contribution in [1.29, 1.82) is 5.26 Å². The number of hydrogen-bond donors (Lipinski definition) is 1. The molecule has 1 aliphatic heterocycles. The lowest BCUT2D eigenvalue weighted by Gasteiger charge is -2.24. The van der Waals surface area contributed by atoms with Crippen LogP contribution in [0.2, 0.25) is 5.22 Å². The quantitative estimate of drug-likeness (QED) is 0.223. The van der Waals surface area contributed by atoms with Crippen LogP contribution < -0.4 is 5.73 Å². The van der Waals surface area contributed by atoms with E-state index in [-0.39, 0.29) is 28.9 Å². The number of aromatic nitrogens is 2. The van der Waals surface area contributed by atoms with Crippen molar-refractivity contribution in [2.24, 2.45) is 5.73 Å². The molecule has 0 radical (unpaired) electrons. The number of halogens is 1. The predicted octanol–water partition coefficient (Wildman–Crippen LogP) is 6.92. The largest absolute Gasteiger partial charge is 0.448 e. The predicted molar refractivity (Wildman–Crippen MR) is 158 cm³/mol. The fourth-order valence-electron chi connectivity index (χ4n) is 5.51. The highest BCUT2D eigenvalue weighted by Crippen LogP contribution is 2.37. The molecule has 9 heteroatoms. The van der Waals surface area contributed by atoms with Gasteiger partial charge in [0.05, 0.1) is 23.2 Å². The summed E-state index contributed by atoms with van der Waals surface area (Å²) >= 11 is 6.04. The van der Waals surface area contributed by atoms with Crippen LogP contribution in [-0.2, 0) is 12.0 Å². The maximum atomic E-state index is 14.0. The Balaban J connectivity index is 1.40. The van der Waals surface area contributed by atoms with Crippen molar-refractivity contribution in [2.45, 2.75) is 37.8 Å². The minimum atomic E-state index is -0.913. The first-order valence-corrected chi connectivity index (χ1v) is 14.1. The van der Waals surface area contributed by atoms with Gasteiger partial charge in [0.1, 0.15) is 5.76 Å². The van der Waals surface area contributed by atoms with Crippen molar-refractivity contribution in [3.05, 3.63) is 118 Å². The number of benzene rings is 3. The maximum Gasteiger partial charge on any atom is 0.254 e. The zero-order valence-electron chi connectivity index (χ0n) is 23.0. The Morgan fingerprint density at radius 3 is 2.57 bits per heavy atom. The number of amides is 1. The van der Waals surface area contributed by atoms with Crippen LogP contribution in [0.3, 0.4) is 0 Å². The average molecular weight is 578 g/mol. The van der Waals surface area contributed by atoms with E-state index in [0.717, 1.165) is 18.4 Å². The van der Waals surface area contributed by atoms with Gasteiger partial charge in [-0.25, -0.2) is 0 Å². The highest BCUT2D eigenvalue weighted by atomic mass is 35.5. The summed E-state index contributed by atoms with van der Waals surface area (Å²) in [5.41, 5.74) is 9.62. The summed E-state index contributed by atoms with van der Waals surface area (Å²) in [7, 11) is 0. The standard InChI is InChI=1S/C33H28ClN5O3/c1-33(36,19-21-8-3-2-4-9-21)32-38-37-30(42-32)24-16-23(26-11-6-5-10-22(26)20-35)17-25(18-24)31(40)39-15-7-12-27(39)28-13-14-29(34)41-28/h2-6,8-11,13-14,16-18,27H,7,12,15,19,36H2,1H3/t27?,33-/m1/s1. The number of carbonyl (C=O) groups is 1. The van der Waals surface area contributed by atoms with Crippen LogP contribution in [0.4, 0.5) is 0 Å². The van der Waals surface area contributed by atoms with Gasteiger partial charge in [-0.1, -0.05) is 48.5 Å². The number of likely N-dealkylation sites (tertiary alicyclic amines) is 1. The highest BCUT2D eigenvalue weighted by Gasteiger charge is 2.34. The van der Waals surface area contributed by atoms with E-state index in [4.69, 9.17) is 26.2 Å². The van der Waals surface area contributed by atoms with Crippen LogP contribution >= 0.6 is 11.6 Å². The van der Waals surface area contributed by atoms with Crippen LogP contribution in [0, 0.1) is 11.3 Å².